The maximum Gasteiger partial charge on any atom is 0.227 e. The van der Waals surface area contributed by atoms with Gasteiger partial charge in [0.05, 0.1) is 17.5 Å². The summed E-state index contributed by atoms with van der Waals surface area (Å²) in [4.78, 5) is 28.5. The number of hydrogen-bond donors (Lipinski definition) is 1. The SMILES string of the molecule is O=C(Cc1c[nH]ccc1=O)N1CCCC1c1c(F)ccc(Cl)c1F. The molecule has 1 saturated heterocycles. The number of pyridine rings is 1. The second-order valence-corrected chi connectivity index (χ2v) is 6.12. The van der Waals surface area contributed by atoms with Gasteiger partial charge >= 0.3 is 0 Å². The van der Waals surface area contributed by atoms with Gasteiger partial charge in [-0.05, 0) is 25.0 Å². The van der Waals surface area contributed by atoms with Crippen LogP contribution in [0, 0.1) is 11.6 Å². The van der Waals surface area contributed by atoms with E-state index in [9.17, 15) is 18.4 Å². The largest absolute Gasteiger partial charge is 0.367 e. The monoisotopic (exact) mass is 352 g/mol. The van der Waals surface area contributed by atoms with Gasteiger partial charge in [-0.2, -0.15) is 0 Å². The molecule has 1 unspecified atom stereocenters. The third kappa shape index (κ3) is 3.06. The van der Waals surface area contributed by atoms with Crippen LogP contribution < -0.4 is 5.43 Å². The van der Waals surface area contributed by atoms with Crippen molar-refractivity contribution in [3.63, 3.8) is 0 Å². The summed E-state index contributed by atoms with van der Waals surface area (Å²) in [6.07, 6.45) is 3.91. The van der Waals surface area contributed by atoms with Crippen LogP contribution in [0.5, 0.6) is 0 Å². The van der Waals surface area contributed by atoms with Crippen molar-refractivity contribution in [1.29, 1.82) is 0 Å². The maximum absolute atomic E-state index is 14.3. The van der Waals surface area contributed by atoms with Crippen LogP contribution in [0.3, 0.4) is 0 Å². The van der Waals surface area contributed by atoms with Gasteiger partial charge < -0.3 is 9.88 Å². The van der Waals surface area contributed by atoms with Gasteiger partial charge in [-0.15, -0.1) is 0 Å². The molecule has 7 heteroatoms. The van der Waals surface area contributed by atoms with E-state index in [1.165, 1.54) is 23.4 Å². The molecule has 0 aliphatic carbocycles. The standard InChI is InChI=1S/C17H15ClF2N2O2/c18-11-3-4-12(19)16(17(11)20)13-2-1-7-22(13)15(24)8-10-9-21-6-5-14(10)23/h3-6,9,13H,1-2,7-8H2,(H,21,23). The average Bonchev–Trinajstić information content (AvgIpc) is 3.03. The third-order valence-corrected chi connectivity index (χ3v) is 4.52. The van der Waals surface area contributed by atoms with Crippen molar-refractivity contribution in [1.82, 2.24) is 9.88 Å². The van der Waals surface area contributed by atoms with Crippen LogP contribution in [0.25, 0.3) is 0 Å². The molecule has 3 rings (SSSR count). The predicted molar refractivity (Wildman–Crippen MR) is 85.8 cm³/mol. The van der Waals surface area contributed by atoms with E-state index >= 15 is 0 Å². The van der Waals surface area contributed by atoms with Crippen molar-refractivity contribution in [2.75, 3.05) is 6.54 Å². The highest BCUT2D eigenvalue weighted by atomic mass is 35.5. The van der Waals surface area contributed by atoms with Crippen molar-refractivity contribution in [3.8, 4) is 0 Å². The van der Waals surface area contributed by atoms with Crippen LogP contribution in [0.15, 0.2) is 35.4 Å². The number of H-pyrrole nitrogens is 1. The number of aromatic nitrogens is 1. The molecule has 2 heterocycles. The van der Waals surface area contributed by atoms with Crippen LogP contribution in [0.1, 0.15) is 30.0 Å². The first-order valence-corrected chi connectivity index (χ1v) is 7.95. The van der Waals surface area contributed by atoms with Crippen LogP contribution in [0.4, 0.5) is 8.78 Å². The molecule has 1 N–H and O–H groups in total. The number of halogens is 3. The topological polar surface area (TPSA) is 53.2 Å². The summed E-state index contributed by atoms with van der Waals surface area (Å²) >= 11 is 5.75. The molecule has 1 fully saturated rings. The van der Waals surface area contributed by atoms with E-state index in [4.69, 9.17) is 11.6 Å². The molecule has 2 aromatic rings. The van der Waals surface area contributed by atoms with Crippen molar-refractivity contribution < 1.29 is 13.6 Å². The van der Waals surface area contributed by atoms with Crippen LogP contribution in [-0.2, 0) is 11.2 Å². The lowest BCUT2D eigenvalue weighted by atomic mass is 10.0. The van der Waals surface area contributed by atoms with Gasteiger partial charge in [0.15, 0.2) is 5.43 Å². The number of nitrogens with zero attached hydrogens (tertiary/aromatic N) is 1. The quantitative estimate of drug-likeness (QED) is 0.862. The zero-order chi connectivity index (χ0) is 17.3. The summed E-state index contributed by atoms with van der Waals surface area (Å²) in [5.41, 5.74) is -0.117. The molecule has 1 amide bonds. The Morgan fingerprint density at radius 3 is 2.88 bits per heavy atom. The van der Waals surface area contributed by atoms with Gasteiger partial charge in [0.1, 0.15) is 11.6 Å². The number of rotatable bonds is 3. The summed E-state index contributed by atoms with van der Waals surface area (Å²) < 4.78 is 28.4. The lowest BCUT2D eigenvalue weighted by Crippen LogP contribution is -2.33. The number of hydrogen-bond acceptors (Lipinski definition) is 2. The van der Waals surface area contributed by atoms with E-state index in [0.29, 0.717) is 24.9 Å². The number of nitrogens with one attached hydrogen (secondary N) is 1. The smallest absolute Gasteiger partial charge is 0.227 e. The van der Waals surface area contributed by atoms with Crippen molar-refractivity contribution in [3.05, 3.63) is 68.6 Å². The maximum atomic E-state index is 14.3. The molecule has 1 aliphatic rings. The highest BCUT2D eigenvalue weighted by Gasteiger charge is 2.34. The highest BCUT2D eigenvalue weighted by molar-refractivity contribution is 6.30. The van der Waals surface area contributed by atoms with Gasteiger partial charge in [-0.3, -0.25) is 9.59 Å². The molecular weight excluding hydrogens is 338 g/mol. The van der Waals surface area contributed by atoms with Gasteiger partial charge in [0.2, 0.25) is 5.91 Å². The van der Waals surface area contributed by atoms with Gasteiger partial charge in [-0.25, -0.2) is 8.78 Å². The van der Waals surface area contributed by atoms with Crippen molar-refractivity contribution >= 4 is 17.5 Å². The lowest BCUT2D eigenvalue weighted by molar-refractivity contribution is -0.131. The highest BCUT2D eigenvalue weighted by Crippen LogP contribution is 2.37. The number of likely N-dealkylation sites (tertiary alicyclic amines) is 1. The van der Waals surface area contributed by atoms with Crippen molar-refractivity contribution in [2.45, 2.75) is 25.3 Å². The minimum absolute atomic E-state index is 0.115. The Kier molecular flexibility index (Phi) is 4.66. The zero-order valence-corrected chi connectivity index (χ0v) is 13.4. The Morgan fingerprint density at radius 2 is 2.12 bits per heavy atom. The molecule has 24 heavy (non-hydrogen) atoms. The summed E-state index contributed by atoms with van der Waals surface area (Å²) in [7, 11) is 0. The first-order chi connectivity index (χ1) is 11.5. The van der Waals surface area contributed by atoms with E-state index < -0.39 is 17.7 Å². The molecule has 0 bridgehead atoms. The van der Waals surface area contributed by atoms with Crippen LogP contribution >= 0.6 is 11.6 Å². The molecule has 1 aromatic carbocycles. The number of amides is 1. The fraction of sp³-hybridized carbons (Fsp3) is 0.294. The Bertz CT molecular complexity index is 838. The summed E-state index contributed by atoms with van der Waals surface area (Å²) in [6.45, 7) is 0.389. The molecule has 4 nitrogen and oxygen atoms in total. The minimum atomic E-state index is -0.834. The van der Waals surface area contributed by atoms with E-state index in [1.807, 2.05) is 0 Å². The van der Waals surface area contributed by atoms with E-state index in [1.54, 1.807) is 0 Å². The minimum Gasteiger partial charge on any atom is -0.367 e. The zero-order valence-electron chi connectivity index (χ0n) is 12.7. The Labute approximate surface area is 142 Å². The first-order valence-electron chi connectivity index (χ1n) is 7.58. The first kappa shape index (κ1) is 16.6. The average molecular weight is 353 g/mol. The summed E-state index contributed by atoms with van der Waals surface area (Å²) in [6, 6.07) is 2.88. The fourth-order valence-electron chi connectivity index (χ4n) is 3.07. The molecule has 0 saturated carbocycles. The van der Waals surface area contributed by atoms with E-state index in [0.717, 1.165) is 12.1 Å². The Balaban J connectivity index is 1.89. The van der Waals surface area contributed by atoms with Gasteiger partial charge in [0, 0.05) is 36.1 Å². The molecule has 1 aromatic heterocycles. The van der Waals surface area contributed by atoms with E-state index in [-0.39, 0.29) is 28.3 Å². The van der Waals surface area contributed by atoms with Gasteiger partial charge in [0.25, 0.3) is 0 Å². The number of benzene rings is 1. The second kappa shape index (κ2) is 6.73. The Morgan fingerprint density at radius 1 is 1.33 bits per heavy atom. The molecule has 1 aliphatic heterocycles. The number of carbonyl (C=O) groups excluding carboxylic acids is 1. The Hall–Kier alpha value is -2.21. The fourth-order valence-corrected chi connectivity index (χ4v) is 3.23. The van der Waals surface area contributed by atoms with Crippen LogP contribution in [-0.4, -0.2) is 22.3 Å². The van der Waals surface area contributed by atoms with Crippen LogP contribution in [0.2, 0.25) is 5.02 Å². The predicted octanol–water partition coefficient (Wildman–Crippen LogP) is 3.21. The lowest BCUT2D eigenvalue weighted by Gasteiger charge is -2.26. The normalized spacial score (nSPS) is 17.3. The molecule has 0 spiro atoms. The van der Waals surface area contributed by atoms with E-state index in [2.05, 4.69) is 4.98 Å². The van der Waals surface area contributed by atoms with Gasteiger partial charge in [-0.1, -0.05) is 11.6 Å². The molecule has 1 atom stereocenters. The molecular formula is C17H15ClF2N2O2. The second-order valence-electron chi connectivity index (χ2n) is 5.71. The number of aromatic amines is 1. The number of carbonyl (C=O) groups is 1. The summed E-state index contributed by atoms with van der Waals surface area (Å²) in [5, 5.41) is -0.176. The molecule has 0 radical (unpaired) electrons. The third-order valence-electron chi connectivity index (χ3n) is 4.23. The summed E-state index contributed by atoms with van der Waals surface area (Å²) in [5.74, 6) is -1.90. The van der Waals surface area contributed by atoms with Crippen molar-refractivity contribution in [2.24, 2.45) is 0 Å². The molecule has 126 valence electrons.